The van der Waals surface area contributed by atoms with Crippen LogP contribution in [0.2, 0.25) is 0 Å². The predicted molar refractivity (Wildman–Crippen MR) is 45.1 cm³/mol. The summed E-state index contributed by atoms with van der Waals surface area (Å²) in [5.41, 5.74) is 0. The minimum Gasteiger partial charge on any atom is -0.480 e. The van der Waals surface area contributed by atoms with Crippen LogP contribution in [-0.2, 0) is 14.4 Å². The Balaban J connectivity index is 0. The van der Waals surface area contributed by atoms with Crippen LogP contribution in [0, 0.1) is 0 Å². The molecule has 3 N–H and O–H groups in total. The molecule has 0 rings (SSSR count). The van der Waals surface area contributed by atoms with Crippen LogP contribution in [0.25, 0.3) is 0 Å². The van der Waals surface area contributed by atoms with Crippen molar-refractivity contribution >= 4 is 41.0 Å². The summed E-state index contributed by atoms with van der Waals surface area (Å²) < 4.78 is 0. The largest absolute Gasteiger partial charge is 0.480 e. The molecule has 0 aromatic carbocycles. The highest BCUT2D eigenvalue weighted by atomic mass is 24.3. The van der Waals surface area contributed by atoms with Crippen LogP contribution in [0.4, 0.5) is 0 Å². The van der Waals surface area contributed by atoms with Gasteiger partial charge in [0.1, 0.15) is 0 Å². The fourth-order valence-corrected chi connectivity index (χ4v) is 0.742. The average Bonchev–Trinajstić information content (AvgIpc) is 1.80. The maximum atomic E-state index is 10.1. The second kappa shape index (κ2) is 7.53. The average molecular weight is 215 g/mol. The molecule has 0 unspecified atom stereocenters. The van der Waals surface area contributed by atoms with E-state index in [1.807, 2.05) is 0 Å². The van der Waals surface area contributed by atoms with Gasteiger partial charge in [0.25, 0.3) is 0 Å². The molecule has 0 aromatic heterocycles. The molecule has 14 heavy (non-hydrogen) atoms. The highest BCUT2D eigenvalue weighted by Gasteiger charge is 2.15. The lowest BCUT2D eigenvalue weighted by Gasteiger charge is -2.14. The Morgan fingerprint density at radius 1 is 0.786 bits per heavy atom. The second-order valence-corrected chi connectivity index (χ2v) is 2.33. The number of carboxylic acid groups (broad SMARTS) is 3. The molecular weight excluding hydrogens is 206 g/mol. The monoisotopic (exact) mass is 215 g/mol. The Kier molecular flexibility index (Phi) is 8.39. The van der Waals surface area contributed by atoms with Crippen molar-refractivity contribution in [2.45, 2.75) is 0 Å². The van der Waals surface area contributed by atoms with E-state index in [1.165, 1.54) is 0 Å². The van der Waals surface area contributed by atoms with Crippen molar-refractivity contribution in [3.63, 3.8) is 0 Å². The van der Waals surface area contributed by atoms with Crippen molar-refractivity contribution < 1.29 is 29.7 Å². The topological polar surface area (TPSA) is 115 Å². The maximum Gasteiger partial charge on any atom is 0.317 e. The van der Waals surface area contributed by atoms with E-state index in [-0.39, 0.29) is 23.1 Å². The van der Waals surface area contributed by atoms with E-state index in [1.54, 1.807) is 0 Å². The first-order valence-electron chi connectivity index (χ1n) is 3.29. The van der Waals surface area contributed by atoms with Gasteiger partial charge in [0.05, 0.1) is 19.6 Å². The molecule has 0 aliphatic rings. The Morgan fingerprint density at radius 3 is 1.14 bits per heavy atom. The molecule has 0 aromatic rings. The van der Waals surface area contributed by atoms with E-state index >= 15 is 0 Å². The first kappa shape index (κ1) is 15.6. The quantitative estimate of drug-likeness (QED) is 0.446. The predicted octanol–water partition coefficient (Wildman–Crippen LogP) is -1.84. The van der Waals surface area contributed by atoms with E-state index in [4.69, 9.17) is 15.3 Å². The lowest BCUT2D eigenvalue weighted by Crippen LogP contribution is -2.38. The van der Waals surface area contributed by atoms with E-state index in [2.05, 4.69) is 0 Å². The summed E-state index contributed by atoms with van der Waals surface area (Å²) in [7, 11) is 0. The van der Waals surface area contributed by atoms with E-state index < -0.39 is 37.5 Å². The summed E-state index contributed by atoms with van der Waals surface area (Å²) in [5.74, 6) is -3.78. The van der Waals surface area contributed by atoms with Crippen LogP contribution in [0.5, 0.6) is 0 Å². The number of hydrogen-bond acceptors (Lipinski definition) is 4. The van der Waals surface area contributed by atoms with Gasteiger partial charge in [-0.05, 0) is 0 Å². The molecule has 0 aliphatic heterocycles. The Bertz CT molecular complexity index is 192. The van der Waals surface area contributed by atoms with Crippen molar-refractivity contribution in [1.29, 1.82) is 0 Å². The van der Waals surface area contributed by atoms with Crippen molar-refractivity contribution in [3.8, 4) is 0 Å². The number of nitrogens with zero attached hydrogens (tertiary/aromatic N) is 1. The number of carboxylic acids is 3. The molecule has 76 valence electrons. The van der Waals surface area contributed by atoms with Crippen molar-refractivity contribution in [2.75, 3.05) is 19.6 Å². The third-order valence-electron chi connectivity index (χ3n) is 1.08. The lowest BCUT2D eigenvalue weighted by molar-refractivity contribution is -0.144. The molecule has 0 aliphatic carbocycles. The fraction of sp³-hybridized carbons (Fsp3) is 0.500. The van der Waals surface area contributed by atoms with Crippen LogP contribution in [0.1, 0.15) is 0 Å². The van der Waals surface area contributed by atoms with Crippen molar-refractivity contribution in [1.82, 2.24) is 4.90 Å². The number of hydrogen-bond donors (Lipinski definition) is 3. The standard InChI is InChI=1S/C6H9NO6.Mg/c8-4(9)1-7(2-5(10)11)3-6(12)13;/h1-3H2,(H,8,9)(H,10,11)(H,12,13);. The fourth-order valence-electron chi connectivity index (χ4n) is 0.742. The van der Waals surface area contributed by atoms with Gasteiger partial charge in [-0.15, -0.1) is 0 Å². The van der Waals surface area contributed by atoms with Crippen LogP contribution < -0.4 is 0 Å². The minimum atomic E-state index is -1.26. The summed E-state index contributed by atoms with van der Waals surface area (Å²) in [6.45, 7) is -1.80. The van der Waals surface area contributed by atoms with Gasteiger partial charge in [0.15, 0.2) is 0 Å². The van der Waals surface area contributed by atoms with Crippen LogP contribution in [-0.4, -0.2) is 80.8 Å². The van der Waals surface area contributed by atoms with Crippen LogP contribution in [0.15, 0.2) is 0 Å². The molecule has 0 saturated heterocycles. The minimum absolute atomic E-state index is 0. The second-order valence-electron chi connectivity index (χ2n) is 2.33. The molecule has 8 heteroatoms. The third kappa shape index (κ3) is 9.23. The van der Waals surface area contributed by atoms with Crippen molar-refractivity contribution in [3.05, 3.63) is 0 Å². The Hall–Kier alpha value is -0.864. The van der Waals surface area contributed by atoms with E-state index in [9.17, 15) is 14.4 Å². The summed E-state index contributed by atoms with van der Waals surface area (Å²) in [5, 5.41) is 24.8. The molecule has 2 radical (unpaired) electrons. The molecule has 7 nitrogen and oxygen atoms in total. The van der Waals surface area contributed by atoms with Gasteiger partial charge in [0.2, 0.25) is 0 Å². The van der Waals surface area contributed by atoms with Gasteiger partial charge in [-0.2, -0.15) is 0 Å². The zero-order valence-corrected chi connectivity index (χ0v) is 8.76. The van der Waals surface area contributed by atoms with Gasteiger partial charge >= 0.3 is 17.9 Å². The molecule has 0 fully saturated rings. The van der Waals surface area contributed by atoms with Crippen molar-refractivity contribution in [2.24, 2.45) is 0 Å². The normalized spacial score (nSPS) is 9.21. The number of rotatable bonds is 6. The smallest absolute Gasteiger partial charge is 0.317 e. The molecule has 0 bridgehead atoms. The van der Waals surface area contributed by atoms with Gasteiger partial charge in [0, 0.05) is 23.1 Å². The van der Waals surface area contributed by atoms with Gasteiger partial charge in [-0.25, -0.2) is 0 Å². The molecule has 0 amide bonds. The molecule has 0 spiro atoms. The highest BCUT2D eigenvalue weighted by Crippen LogP contribution is 1.87. The highest BCUT2D eigenvalue weighted by molar-refractivity contribution is 5.76. The lowest BCUT2D eigenvalue weighted by atomic mass is 10.4. The van der Waals surface area contributed by atoms with Gasteiger partial charge in [-0.3, -0.25) is 19.3 Å². The van der Waals surface area contributed by atoms with E-state index in [0.29, 0.717) is 0 Å². The van der Waals surface area contributed by atoms with Crippen LogP contribution >= 0.6 is 0 Å². The Morgan fingerprint density at radius 2 is 1.00 bits per heavy atom. The molecule has 0 atom stereocenters. The third-order valence-corrected chi connectivity index (χ3v) is 1.08. The number of carbonyl (C=O) groups is 3. The maximum absolute atomic E-state index is 10.1. The molecule has 0 saturated carbocycles. The van der Waals surface area contributed by atoms with E-state index in [0.717, 1.165) is 4.90 Å². The molecular formula is C6H9MgNO6. The first-order valence-corrected chi connectivity index (χ1v) is 3.29. The summed E-state index contributed by atoms with van der Waals surface area (Å²) >= 11 is 0. The SMILES string of the molecule is O=C(O)CN(CC(=O)O)CC(=O)O.[Mg]. The van der Waals surface area contributed by atoms with Crippen LogP contribution in [0.3, 0.4) is 0 Å². The zero-order valence-electron chi connectivity index (χ0n) is 7.34. The van der Waals surface area contributed by atoms with Gasteiger partial charge < -0.3 is 15.3 Å². The van der Waals surface area contributed by atoms with Gasteiger partial charge in [-0.1, -0.05) is 0 Å². The zero-order chi connectivity index (χ0) is 10.4. The summed E-state index contributed by atoms with van der Waals surface area (Å²) in [6, 6.07) is 0. The first-order chi connectivity index (χ1) is 5.91. The molecule has 0 heterocycles. The summed E-state index contributed by atoms with van der Waals surface area (Å²) in [6.07, 6.45) is 0. The Labute approximate surface area is 95.5 Å². The summed E-state index contributed by atoms with van der Waals surface area (Å²) in [4.78, 5) is 31.2. The number of aliphatic carboxylic acids is 3.